The molecular weight excluding hydrogens is 410 g/mol. The van der Waals surface area contributed by atoms with E-state index in [4.69, 9.17) is 0 Å². The van der Waals surface area contributed by atoms with E-state index in [0.29, 0.717) is 6.54 Å². The summed E-state index contributed by atoms with van der Waals surface area (Å²) in [5.41, 5.74) is 2.14. The molecule has 9 heteroatoms. The lowest BCUT2D eigenvalue weighted by Crippen LogP contribution is -2.55. The standard InChI is InChI=1S/C23H33N5O4/c1-15(2)21(26-22(31)17(4)24-5)23(32)25-12-19(29)28-11-10-27(20(30)14-28)13-18-8-6-16(3)7-9-18/h6-11,15,17,21,24H,12-14H2,1-5H3,(H,25,32)(H,26,31)/t17-,21-/m0/s1. The largest absolute Gasteiger partial charge is 0.345 e. The summed E-state index contributed by atoms with van der Waals surface area (Å²) >= 11 is 0. The third-order valence-electron chi connectivity index (χ3n) is 5.33. The Hall–Kier alpha value is -3.20. The molecule has 1 aliphatic rings. The number of carbonyl (C=O) groups is 4. The molecule has 2 atom stereocenters. The predicted octanol–water partition coefficient (Wildman–Crippen LogP) is 0.502. The van der Waals surface area contributed by atoms with Crippen LogP contribution in [0.3, 0.4) is 0 Å². The minimum atomic E-state index is -0.769. The van der Waals surface area contributed by atoms with Gasteiger partial charge in [0.05, 0.1) is 19.1 Å². The van der Waals surface area contributed by atoms with Crippen LogP contribution in [0.25, 0.3) is 0 Å². The molecule has 0 bridgehead atoms. The molecule has 9 nitrogen and oxygen atoms in total. The van der Waals surface area contributed by atoms with Crippen LogP contribution in [0.5, 0.6) is 0 Å². The highest BCUT2D eigenvalue weighted by molar-refractivity contribution is 5.93. The summed E-state index contributed by atoms with van der Waals surface area (Å²) in [7, 11) is 1.66. The molecule has 0 fully saturated rings. The van der Waals surface area contributed by atoms with Crippen LogP contribution in [-0.4, -0.2) is 65.6 Å². The summed E-state index contributed by atoms with van der Waals surface area (Å²) in [4.78, 5) is 52.5. The second-order valence-electron chi connectivity index (χ2n) is 8.29. The lowest BCUT2D eigenvalue weighted by atomic mass is 10.0. The van der Waals surface area contributed by atoms with Crippen molar-refractivity contribution in [3.05, 3.63) is 47.8 Å². The fourth-order valence-corrected chi connectivity index (χ4v) is 3.05. The molecule has 32 heavy (non-hydrogen) atoms. The molecule has 1 aliphatic heterocycles. The maximum absolute atomic E-state index is 12.6. The Kier molecular flexibility index (Phi) is 8.95. The molecule has 4 amide bonds. The Bertz CT molecular complexity index is 866. The topological polar surface area (TPSA) is 111 Å². The second kappa shape index (κ2) is 11.4. The zero-order valence-electron chi connectivity index (χ0n) is 19.3. The molecule has 1 heterocycles. The highest BCUT2D eigenvalue weighted by atomic mass is 16.2. The number of aryl methyl sites for hydroxylation is 1. The summed E-state index contributed by atoms with van der Waals surface area (Å²) in [6.07, 6.45) is 3.11. The Balaban J connectivity index is 1.90. The fourth-order valence-electron chi connectivity index (χ4n) is 3.05. The van der Waals surface area contributed by atoms with Gasteiger partial charge >= 0.3 is 0 Å². The van der Waals surface area contributed by atoms with Crippen LogP contribution < -0.4 is 16.0 Å². The van der Waals surface area contributed by atoms with Gasteiger partial charge < -0.3 is 25.8 Å². The zero-order valence-corrected chi connectivity index (χ0v) is 19.3. The first-order valence-corrected chi connectivity index (χ1v) is 10.7. The molecule has 0 saturated heterocycles. The van der Waals surface area contributed by atoms with E-state index in [9.17, 15) is 19.2 Å². The molecule has 0 saturated carbocycles. The maximum Gasteiger partial charge on any atom is 0.246 e. The number of carbonyl (C=O) groups excluding carboxylic acids is 4. The normalized spacial score (nSPS) is 15.5. The monoisotopic (exact) mass is 443 g/mol. The number of likely N-dealkylation sites (N-methyl/N-ethyl adjacent to an activating group) is 1. The smallest absolute Gasteiger partial charge is 0.246 e. The second-order valence-corrected chi connectivity index (χ2v) is 8.29. The lowest BCUT2D eigenvalue weighted by Gasteiger charge is -2.29. The van der Waals surface area contributed by atoms with E-state index in [0.717, 1.165) is 11.1 Å². The van der Waals surface area contributed by atoms with Gasteiger partial charge in [0, 0.05) is 12.4 Å². The molecule has 3 N–H and O–H groups in total. The number of hydrogen-bond donors (Lipinski definition) is 3. The minimum absolute atomic E-state index is 0.0961. The molecule has 0 spiro atoms. The maximum atomic E-state index is 12.6. The highest BCUT2D eigenvalue weighted by Gasteiger charge is 2.28. The van der Waals surface area contributed by atoms with Crippen LogP contribution in [-0.2, 0) is 25.7 Å². The van der Waals surface area contributed by atoms with Crippen molar-refractivity contribution in [1.82, 2.24) is 25.8 Å². The molecule has 1 aromatic rings. The summed E-state index contributed by atoms with van der Waals surface area (Å²) in [6.45, 7) is 7.37. The Morgan fingerprint density at radius 3 is 2.25 bits per heavy atom. The Morgan fingerprint density at radius 1 is 1.03 bits per heavy atom. The van der Waals surface area contributed by atoms with Crippen LogP contribution in [0.4, 0.5) is 0 Å². The van der Waals surface area contributed by atoms with Crippen molar-refractivity contribution in [2.24, 2.45) is 5.92 Å². The molecule has 2 rings (SSSR count). The minimum Gasteiger partial charge on any atom is -0.345 e. The van der Waals surface area contributed by atoms with Gasteiger partial charge in [-0.3, -0.25) is 19.2 Å². The van der Waals surface area contributed by atoms with Gasteiger partial charge in [-0.25, -0.2) is 0 Å². The SMILES string of the molecule is CN[C@@H](C)C(=O)N[C@H](C(=O)NCC(=O)N1C=CN(Cc2ccc(C)cc2)C(=O)C1)C(C)C. The third-order valence-corrected chi connectivity index (χ3v) is 5.33. The number of amides is 4. The van der Waals surface area contributed by atoms with Crippen molar-refractivity contribution < 1.29 is 19.2 Å². The van der Waals surface area contributed by atoms with E-state index < -0.39 is 23.9 Å². The molecule has 0 unspecified atom stereocenters. The first-order valence-electron chi connectivity index (χ1n) is 10.7. The van der Waals surface area contributed by atoms with E-state index in [-0.39, 0.29) is 30.8 Å². The number of nitrogens with zero attached hydrogens (tertiary/aromatic N) is 2. The molecule has 0 aromatic heterocycles. The number of rotatable bonds is 9. The van der Waals surface area contributed by atoms with Crippen molar-refractivity contribution in [3.8, 4) is 0 Å². The van der Waals surface area contributed by atoms with E-state index in [1.54, 1.807) is 31.3 Å². The quantitative estimate of drug-likeness (QED) is 0.515. The van der Waals surface area contributed by atoms with Crippen LogP contribution in [0.15, 0.2) is 36.7 Å². The average molecular weight is 444 g/mol. The lowest BCUT2D eigenvalue weighted by molar-refractivity contribution is -0.139. The van der Waals surface area contributed by atoms with Gasteiger partial charge in [-0.1, -0.05) is 43.7 Å². The van der Waals surface area contributed by atoms with Crippen LogP contribution in [0, 0.1) is 12.8 Å². The van der Waals surface area contributed by atoms with Crippen LogP contribution >= 0.6 is 0 Å². The summed E-state index contributed by atoms with van der Waals surface area (Å²) in [5.74, 6) is -1.52. The zero-order chi connectivity index (χ0) is 23.8. The van der Waals surface area contributed by atoms with Crippen molar-refractivity contribution in [1.29, 1.82) is 0 Å². The van der Waals surface area contributed by atoms with Crippen molar-refractivity contribution in [2.75, 3.05) is 20.1 Å². The average Bonchev–Trinajstić information content (AvgIpc) is 2.77. The molecule has 1 aromatic carbocycles. The van der Waals surface area contributed by atoms with Gasteiger partial charge in [-0.15, -0.1) is 0 Å². The third kappa shape index (κ3) is 6.91. The first kappa shape index (κ1) is 25.1. The van der Waals surface area contributed by atoms with Crippen molar-refractivity contribution >= 4 is 23.6 Å². The van der Waals surface area contributed by atoms with Gasteiger partial charge in [0.1, 0.15) is 12.6 Å². The summed E-state index contributed by atoms with van der Waals surface area (Å²) in [6, 6.07) is 6.68. The van der Waals surface area contributed by atoms with Gasteiger partial charge in [0.2, 0.25) is 23.6 Å². The molecule has 0 aliphatic carbocycles. The molecular formula is C23H33N5O4. The van der Waals surface area contributed by atoms with E-state index in [2.05, 4.69) is 16.0 Å². The van der Waals surface area contributed by atoms with Crippen molar-refractivity contribution in [2.45, 2.75) is 46.3 Å². The Morgan fingerprint density at radius 2 is 1.69 bits per heavy atom. The van der Waals surface area contributed by atoms with Crippen molar-refractivity contribution in [3.63, 3.8) is 0 Å². The summed E-state index contributed by atoms with van der Waals surface area (Å²) < 4.78 is 0. The Labute approximate surface area is 189 Å². The van der Waals surface area contributed by atoms with E-state index in [1.807, 2.05) is 45.0 Å². The first-order chi connectivity index (χ1) is 15.1. The summed E-state index contributed by atoms with van der Waals surface area (Å²) in [5, 5.41) is 8.09. The van der Waals surface area contributed by atoms with Gasteiger partial charge in [-0.05, 0) is 32.4 Å². The van der Waals surface area contributed by atoms with E-state index >= 15 is 0 Å². The molecule has 0 radical (unpaired) electrons. The van der Waals surface area contributed by atoms with Crippen LogP contribution in [0.2, 0.25) is 0 Å². The number of benzene rings is 1. The van der Waals surface area contributed by atoms with Crippen LogP contribution in [0.1, 0.15) is 31.9 Å². The van der Waals surface area contributed by atoms with Gasteiger partial charge in [-0.2, -0.15) is 0 Å². The number of nitrogens with one attached hydrogen (secondary N) is 3. The predicted molar refractivity (Wildman–Crippen MR) is 121 cm³/mol. The van der Waals surface area contributed by atoms with E-state index in [1.165, 1.54) is 4.90 Å². The van der Waals surface area contributed by atoms with Gasteiger partial charge in [0.15, 0.2) is 0 Å². The highest BCUT2D eigenvalue weighted by Crippen LogP contribution is 2.12. The number of hydrogen-bond acceptors (Lipinski definition) is 5. The van der Waals surface area contributed by atoms with Gasteiger partial charge in [0.25, 0.3) is 0 Å². The fraction of sp³-hybridized carbons (Fsp3) is 0.478. The molecule has 174 valence electrons.